The second-order valence-corrected chi connectivity index (χ2v) is 4.04. The summed E-state index contributed by atoms with van der Waals surface area (Å²) in [5, 5.41) is 0.891. The molecule has 1 aromatic rings. The molecular weight excluding hydrogens is 299 g/mol. The summed E-state index contributed by atoms with van der Waals surface area (Å²) in [5.74, 6) is -0.431. The molecule has 0 bridgehead atoms. The molecule has 0 spiro atoms. The summed E-state index contributed by atoms with van der Waals surface area (Å²) >= 11 is 3.09. The second kappa shape index (κ2) is 4.21. The van der Waals surface area contributed by atoms with Crippen molar-refractivity contribution in [2.45, 2.75) is 5.16 Å². The third-order valence-electron chi connectivity index (χ3n) is 0.836. The predicted molar refractivity (Wildman–Crippen MR) is 51.1 cm³/mol. The molecule has 1 heterocycles. The second-order valence-electron chi connectivity index (χ2n) is 1.45. The van der Waals surface area contributed by atoms with Gasteiger partial charge in [0.15, 0.2) is 0 Å². The number of ether oxygens (including phenoxy) is 1. The van der Waals surface area contributed by atoms with Crippen LogP contribution in [0.25, 0.3) is 0 Å². The lowest BCUT2D eigenvalue weighted by Gasteiger charge is -1.88. The minimum Gasteiger partial charge on any atom is -0.464 e. The molecule has 0 fully saturated rings. The zero-order valence-corrected chi connectivity index (χ0v) is 9.20. The molecule has 0 saturated heterocycles. The quantitative estimate of drug-likeness (QED) is 0.615. The number of carbonyl (C=O) groups is 1. The lowest BCUT2D eigenvalue weighted by molar-refractivity contribution is 0.0599. The van der Waals surface area contributed by atoms with E-state index in [9.17, 15) is 4.79 Å². The molecule has 1 rings (SSSR count). The first-order valence-electron chi connectivity index (χ1n) is 2.48. The maximum atomic E-state index is 10.8. The Kier molecular flexibility index (Phi) is 3.52. The molecule has 0 aromatic carbocycles. The van der Waals surface area contributed by atoms with Gasteiger partial charge in [0, 0.05) is 21.2 Å². The van der Waals surface area contributed by atoms with Crippen LogP contribution in [0.5, 0.6) is 0 Å². The summed E-state index contributed by atoms with van der Waals surface area (Å²) in [6.45, 7) is 0. The van der Waals surface area contributed by atoms with Crippen LogP contribution >= 0.6 is 41.7 Å². The Labute approximate surface area is 83.5 Å². The molecule has 0 radical (unpaired) electrons. The molecular formula is C4H3IN2O2S2. The zero-order valence-electron chi connectivity index (χ0n) is 5.41. The molecule has 0 aliphatic heterocycles. The van der Waals surface area contributed by atoms with Gasteiger partial charge < -0.3 is 4.74 Å². The first kappa shape index (κ1) is 9.20. The number of hydrogen-bond donors (Lipinski definition) is 0. The molecule has 0 aliphatic rings. The predicted octanol–water partition coefficient (Wildman–Crippen LogP) is 1.77. The Morgan fingerprint density at radius 2 is 2.55 bits per heavy atom. The van der Waals surface area contributed by atoms with Gasteiger partial charge in [-0.2, -0.15) is 4.37 Å². The molecule has 11 heavy (non-hydrogen) atoms. The molecule has 1 aromatic heterocycles. The van der Waals surface area contributed by atoms with Crippen LogP contribution in [0.3, 0.4) is 0 Å². The number of nitrogens with zero attached hydrogens (tertiary/aromatic N) is 2. The van der Waals surface area contributed by atoms with Gasteiger partial charge in [0.05, 0.1) is 7.11 Å². The summed E-state index contributed by atoms with van der Waals surface area (Å²) in [4.78, 5) is 14.7. The van der Waals surface area contributed by atoms with Crippen LogP contribution in [-0.4, -0.2) is 22.4 Å². The summed E-state index contributed by atoms with van der Waals surface area (Å²) in [6, 6.07) is 0. The third kappa shape index (κ3) is 2.27. The van der Waals surface area contributed by atoms with Gasteiger partial charge in [0.2, 0.25) is 10.2 Å². The number of carbonyl (C=O) groups excluding carboxylic acids is 1. The van der Waals surface area contributed by atoms with Crippen LogP contribution in [-0.2, 0) is 4.74 Å². The van der Waals surface area contributed by atoms with E-state index in [4.69, 9.17) is 0 Å². The lowest BCUT2D eigenvalue weighted by atomic mass is 10.7. The van der Waals surface area contributed by atoms with Crippen LogP contribution < -0.4 is 0 Å². The van der Waals surface area contributed by atoms with Crippen LogP contribution in [0.2, 0.25) is 0 Å². The Hall–Kier alpha value is 0.110. The molecule has 0 N–H and O–H groups in total. The first-order chi connectivity index (χ1) is 5.27. The normalized spacial score (nSPS) is 9.64. The number of rotatable bonds is 2. The lowest BCUT2D eigenvalue weighted by Crippen LogP contribution is -1.99. The summed E-state index contributed by atoms with van der Waals surface area (Å²) in [6.07, 6.45) is 0. The minimum absolute atomic E-state index is 0.298. The van der Waals surface area contributed by atoms with Crippen molar-refractivity contribution in [2.75, 3.05) is 7.11 Å². The highest BCUT2D eigenvalue weighted by Gasteiger charge is 2.11. The van der Waals surface area contributed by atoms with E-state index in [-0.39, 0.29) is 0 Å². The Morgan fingerprint density at radius 3 is 3.00 bits per heavy atom. The molecule has 4 nitrogen and oxygen atoms in total. The van der Waals surface area contributed by atoms with Gasteiger partial charge in [0.25, 0.3) is 0 Å². The number of hydrogen-bond acceptors (Lipinski definition) is 6. The average molecular weight is 302 g/mol. The van der Waals surface area contributed by atoms with Crippen molar-refractivity contribution in [1.29, 1.82) is 0 Å². The van der Waals surface area contributed by atoms with Gasteiger partial charge in [-0.25, -0.2) is 9.78 Å². The zero-order chi connectivity index (χ0) is 8.27. The number of aromatic nitrogens is 2. The van der Waals surface area contributed by atoms with E-state index < -0.39 is 5.97 Å². The van der Waals surface area contributed by atoms with E-state index in [1.54, 1.807) is 0 Å². The molecule has 0 saturated carbocycles. The third-order valence-corrected chi connectivity index (χ3v) is 3.15. The Bertz CT molecular complexity index is 264. The average Bonchev–Trinajstić information content (AvgIpc) is 2.50. The number of methoxy groups -OCH3 is 1. The molecule has 0 aliphatic carbocycles. The highest BCUT2D eigenvalue weighted by molar-refractivity contribution is 14.2. The highest BCUT2D eigenvalue weighted by Crippen LogP contribution is 2.22. The van der Waals surface area contributed by atoms with Crippen molar-refractivity contribution in [2.24, 2.45) is 0 Å². The van der Waals surface area contributed by atoms with Crippen LogP contribution in [0.15, 0.2) is 5.16 Å². The van der Waals surface area contributed by atoms with E-state index in [0.717, 1.165) is 11.5 Å². The van der Waals surface area contributed by atoms with Crippen LogP contribution in [0.4, 0.5) is 0 Å². The Balaban J connectivity index is 2.80. The van der Waals surface area contributed by atoms with Gasteiger partial charge in [-0.15, -0.1) is 0 Å². The highest BCUT2D eigenvalue weighted by atomic mass is 127. The van der Waals surface area contributed by atoms with Crippen molar-refractivity contribution >= 4 is 47.6 Å². The van der Waals surface area contributed by atoms with Crippen molar-refractivity contribution in [3.8, 4) is 0 Å². The molecule has 60 valence electrons. The number of halogens is 1. The molecule has 0 unspecified atom stereocenters. The summed E-state index contributed by atoms with van der Waals surface area (Å²) < 4.78 is 8.34. The largest absolute Gasteiger partial charge is 0.464 e. The van der Waals surface area contributed by atoms with E-state index in [2.05, 4.69) is 14.1 Å². The van der Waals surface area contributed by atoms with Crippen molar-refractivity contribution in [3.63, 3.8) is 0 Å². The van der Waals surface area contributed by atoms with E-state index in [1.165, 1.54) is 16.0 Å². The van der Waals surface area contributed by atoms with Gasteiger partial charge in [-0.3, -0.25) is 0 Å². The molecule has 0 atom stereocenters. The van der Waals surface area contributed by atoms with Gasteiger partial charge in [0.1, 0.15) is 0 Å². The smallest absolute Gasteiger partial charge is 0.368 e. The SMILES string of the molecule is COC(=O)c1nc(SI)ns1. The topological polar surface area (TPSA) is 52.1 Å². The van der Waals surface area contributed by atoms with Crippen LogP contribution in [0, 0.1) is 0 Å². The summed E-state index contributed by atoms with van der Waals surface area (Å²) in [7, 11) is 2.69. The van der Waals surface area contributed by atoms with Gasteiger partial charge in [-0.1, -0.05) is 0 Å². The minimum atomic E-state index is -0.431. The maximum Gasteiger partial charge on any atom is 0.368 e. The first-order valence-corrected chi connectivity index (χ1v) is 6.62. The van der Waals surface area contributed by atoms with Crippen LogP contribution in [0.1, 0.15) is 9.80 Å². The fourth-order valence-corrected chi connectivity index (χ4v) is 2.33. The monoisotopic (exact) mass is 302 g/mol. The fourth-order valence-electron chi connectivity index (χ4n) is 0.412. The maximum absolute atomic E-state index is 10.8. The van der Waals surface area contributed by atoms with E-state index >= 15 is 0 Å². The van der Waals surface area contributed by atoms with E-state index in [0.29, 0.717) is 10.2 Å². The van der Waals surface area contributed by atoms with Crippen molar-refractivity contribution in [1.82, 2.24) is 9.36 Å². The fraction of sp³-hybridized carbons (Fsp3) is 0.250. The van der Waals surface area contributed by atoms with E-state index in [1.807, 2.05) is 21.2 Å². The Morgan fingerprint density at radius 1 is 1.82 bits per heavy atom. The molecule has 7 heteroatoms. The summed E-state index contributed by atoms with van der Waals surface area (Å²) in [5.41, 5.74) is 0. The van der Waals surface area contributed by atoms with Gasteiger partial charge >= 0.3 is 5.97 Å². The molecule has 0 amide bonds. The van der Waals surface area contributed by atoms with Crippen molar-refractivity contribution in [3.05, 3.63) is 5.01 Å². The van der Waals surface area contributed by atoms with Crippen molar-refractivity contribution < 1.29 is 9.53 Å². The number of esters is 1. The van der Waals surface area contributed by atoms with Gasteiger partial charge in [-0.05, 0) is 20.5 Å². The standard InChI is InChI=1S/C4H3IN2O2S2/c1-9-3(8)2-6-4(10-5)7-11-2/h1H3.